The number of para-hydroxylation sites is 1. The molecule has 0 bridgehead atoms. The van der Waals surface area contributed by atoms with Crippen molar-refractivity contribution >= 4 is 17.5 Å². The van der Waals surface area contributed by atoms with Crippen LogP contribution in [0.4, 0.5) is 10.1 Å². The largest absolute Gasteiger partial charge is 0.478 e. The van der Waals surface area contributed by atoms with Gasteiger partial charge in [0.15, 0.2) is 11.4 Å². The molecule has 10 heteroatoms. The number of nitrogens with one attached hydrogen (secondary N) is 2. The first-order chi connectivity index (χ1) is 15.6. The van der Waals surface area contributed by atoms with E-state index in [9.17, 15) is 14.0 Å². The van der Waals surface area contributed by atoms with Gasteiger partial charge >= 0.3 is 0 Å². The Bertz CT molecular complexity index is 1120. The molecule has 2 aliphatic rings. The van der Waals surface area contributed by atoms with Crippen LogP contribution in [0.5, 0.6) is 5.88 Å². The molecule has 166 valence electrons. The summed E-state index contributed by atoms with van der Waals surface area (Å²) in [6, 6.07) is 9.39. The van der Waals surface area contributed by atoms with E-state index in [2.05, 4.69) is 20.6 Å². The molecular weight excluding hydrogens is 415 g/mol. The quantitative estimate of drug-likeness (QED) is 0.652. The first kappa shape index (κ1) is 20.2. The van der Waals surface area contributed by atoms with E-state index in [1.807, 2.05) is 0 Å². The highest BCUT2D eigenvalue weighted by atomic mass is 19.1. The fourth-order valence-corrected chi connectivity index (χ4v) is 4.14. The van der Waals surface area contributed by atoms with E-state index in [4.69, 9.17) is 4.74 Å². The zero-order chi connectivity index (χ0) is 22.1. The Morgan fingerprint density at radius 3 is 2.72 bits per heavy atom. The highest BCUT2D eigenvalue weighted by molar-refractivity contribution is 6.03. The Morgan fingerprint density at radius 1 is 1.12 bits per heavy atom. The summed E-state index contributed by atoms with van der Waals surface area (Å²) in [5.41, 5.74) is 1.56. The number of carbonyl (C=O) groups is 2. The minimum absolute atomic E-state index is 0.0940. The molecule has 1 fully saturated rings. The lowest BCUT2D eigenvalue weighted by Crippen LogP contribution is -2.38. The molecule has 5 rings (SSSR count). The van der Waals surface area contributed by atoms with Gasteiger partial charge in [0, 0.05) is 43.7 Å². The Morgan fingerprint density at radius 2 is 1.94 bits per heavy atom. The fourth-order valence-electron chi connectivity index (χ4n) is 4.14. The van der Waals surface area contributed by atoms with E-state index < -0.39 is 11.7 Å². The Kier molecular flexibility index (Phi) is 5.34. The molecule has 2 aromatic heterocycles. The maximum atomic E-state index is 13.8. The first-order valence-corrected chi connectivity index (χ1v) is 10.7. The SMILES string of the molecule is O=C(Nc1ccccc1F)c1cc(C2CCN(C(=O)c3cc4n(n3)CCCO4)CC2)[nH]n1. The number of hydrogen-bond acceptors (Lipinski definition) is 5. The number of ether oxygens (including phenoxy) is 1. The number of H-pyrrole nitrogens is 1. The number of rotatable bonds is 4. The van der Waals surface area contributed by atoms with Crippen LogP contribution >= 0.6 is 0 Å². The number of nitrogens with zero attached hydrogens (tertiary/aromatic N) is 4. The van der Waals surface area contributed by atoms with Crippen molar-refractivity contribution in [1.29, 1.82) is 0 Å². The van der Waals surface area contributed by atoms with Gasteiger partial charge in [-0.3, -0.25) is 14.7 Å². The third kappa shape index (κ3) is 3.95. The summed E-state index contributed by atoms with van der Waals surface area (Å²) < 4.78 is 21.1. The molecule has 1 aromatic carbocycles. The molecule has 0 unspecified atom stereocenters. The highest BCUT2D eigenvalue weighted by Crippen LogP contribution is 2.28. The van der Waals surface area contributed by atoms with Crippen LogP contribution < -0.4 is 10.1 Å². The number of aromatic amines is 1. The van der Waals surface area contributed by atoms with Crippen LogP contribution in [-0.2, 0) is 6.54 Å². The van der Waals surface area contributed by atoms with Crippen molar-refractivity contribution in [3.05, 3.63) is 59.3 Å². The molecule has 2 aliphatic heterocycles. The normalized spacial score (nSPS) is 16.3. The highest BCUT2D eigenvalue weighted by Gasteiger charge is 2.28. The minimum Gasteiger partial charge on any atom is -0.478 e. The van der Waals surface area contributed by atoms with Crippen LogP contribution in [0.25, 0.3) is 0 Å². The molecule has 32 heavy (non-hydrogen) atoms. The summed E-state index contributed by atoms with van der Waals surface area (Å²) in [5, 5.41) is 13.9. The van der Waals surface area contributed by atoms with Crippen LogP contribution in [0, 0.1) is 5.82 Å². The van der Waals surface area contributed by atoms with Gasteiger partial charge in [0.2, 0.25) is 5.88 Å². The summed E-state index contributed by atoms with van der Waals surface area (Å²) in [6.45, 7) is 2.58. The van der Waals surface area contributed by atoms with Gasteiger partial charge in [0.05, 0.1) is 12.3 Å². The van der Waals surface area contributed by atoms with Crippen molar-refractivity contribution in [2.75, 3.05) is 25.0 Å². The lowest BCUT2D eigenvalue weighted by Gasteiger charge is -2.31. The molecule has 2 amide bonds. The van der Waals surface area contributed by atoms with Gasteiger partial charge in [-0.05, 0) is 31.0 Å². The Balaban J connectivity index is 1.19. The standard InChI is InChI=1S/C22H23FN6O3/c23-15-4-1-2-5-16(15)24-21(30)18-12-17(25-26-18)14-6-9-28(10-7-14)22(31)19-13-20-29(27-19)8-3-11-32-20/h1-2,4-5,12-14H,3,6-11H2,(H,24,30)(H,25,26). The van der Waals surface area contributed by atoms with Crippen LogP contribution in [0.15, 0.2) is 36.4 Å². The van der Waals surface area contributed by atoms with Crippen LogP contribution in [-0.4, -0.2) is 56.4 Å². The predicted molar refractivity (Wildman–Crippen MR) is 113 cm³/mol. The third-order valence-electron chi connectivity index (χ3n) is 5.90. The number of likely N-dealkylation sites (tertiary alicyclic amines) is 1. The molecule has 9 nitrogen and oxygen atoms in total. The van der Waals surface area contributed by atoms with E-state index in [0.717, 1.165) is 31.5 Å². The summed E-state index contributed by atoms with van der Waals surface area (Å²) in [6.07, 6.45) is 2.37. The van der Waals surface area contributed by atoms with E-state index in [1.165, 1.54) is 12.1 Å². The van der Waals surface area contributed by atoms with Gasteiger partial charge in [-0.25, -0.2) is 9.07 Å². The second-order valence-electron chi connectivity index (χ2n) is 8.00. The minimum atomic E-state index is -0.501. The summed E-state index contributed by atoms with van der Waals surface area (Å²) in [7, 11) is 0. The number of piperidine rings is 1. The smallest absolute Gasteiger partial charge is 0.276 e. The van der Waals surface area contributed by atoms with Gasteiger partial charge in [-0.1, -0.05) is 12.1 Å². The molecule has 4 heterocycles. The molecule has 0 saturated carbocycles. The molecule has 0 aliphatic carbocycles. The number of aryl methyl sites for hydroxylation is 1. The van der Waals surface area contributed by atoms with Crippen LogP contribution in [0.2, 0.25) is 0 Å². The molecule has 1 saturated heterocycles. The van der Waals surface area contributed by atoms with Crippen molar-refractivity contribution in [3.63, 3.8) is 0 Å². The summed E-state index contributed by atoms with van der Waals surface area (Å²) >= 11 is 0. The number of amides is 2. The van der Waals surface area contributed by atoms with Gasteiger partial charge < -0.3 is 15.0 Å². The second kappa shape index (κ2) is 8.45. The number of halogens is 1. The fraction of sp³-hybridized carbons (Fsp3) is 0.364. The summed E-state index contributed by atoms with van der Waals surface area (Å²) in [5.74, 6) is -0.272. The van der Waals surface area contributed by atoms with Crippen LogP contribution in [0.1, 0.15) is 51.9 Å². The van der Waals surface area contributed by atoms with Gasteiger partial charge in [0.1, 0.15) is 5.82 Å². The Hall–Kier alpha value is -3.69. The monoisotopic (exact) mass is 438 g/mol. The molecule has 3 aromatic rings. The van der Waals surface area contributed by atoms with Crippen LogP contribution in [0.3, 0.4) is 0 Å². The molecule has 2 N–H and O–H groups in total. The maximum Gasteiger partial charge on any atom is 0.276 e. The number of hydrogen-bond donors (Lipinski definition) is 2. The van der Waals surface area contributed by atoms with Gasteiger partial charge in [-0.2, -0.15) is 10.2 Å². The van der Waals surface area contributed by atoms with Gasteiger partial charge in [0.25, 0.3) is 11.8 Å². The molecule has 0 atom stereocenters. The molecule has 0 radical (unpaired) electrons. The van der Waals surface area contributed by atoms with Crippen molar-refractivity contribution in [1.82, 2.24) is 24.9 Å². The zero-order valence-electron chi connectivity index (χ0n) is 17.4. The second-order valence-corrected chi connectivity index (χ2v) is 8.00. The lowest BCUT2D eigenvalue weighted by molar-refractivity contribution is 0.0705. The average Bonchev–Trinajstić information content (AvgIpc) is 3.48. The number of fused-ring (bicyclic) bond motifs is 1. The first-order valence-electron chi connectivity index (χ1n) is 10.7. The zero-order valence-corrected chi connectivity index (χ0v) is 17.4. The number of benzene rings is 1. The topological polar surface area (TPSA) is 105 Å². The molecular formula is C22H23FN6O3. The van der Waals surface area contributed by atoms with Crippen molar-refractivity contribution < 1.29 is 18.7 Å². The van der Waals surface area contributed by atoms with Crippen molar-refractivity contribution in [2.24, 2.45) is 0 Å². The van der Waals surface area contributed by atoms with Gasteiger partial charge in [-0.15, -0.1) is 0 Å². The number of anilines is 1. The third-order valence-corrected chi connectivity index (χ3v) is 5.90. The van der Waals surface area contributed by atoms with Crippen molar-refractivity contribution in [2.45, 2.75) is 31.7 Å². The van der Waals surface area contributed by atoms with E-state index in [-0.39, 0.29) is 23.2 Å². The predicted octanol–water partition coefficient (Wildman–Crippen LogP) is 2.80. The summed E-state index contributed by atoms with van der Waals surface area (Å²) in [4.78, 5) is 27.1. The maximum absolute atomic E-state index is 13.8. The van der Waals surface area contributed by atoms with E-state index in [0.29, 0.717) is 31.3 Å². The average molecular weight is 438 g/mol. The van der Waals surface area contributed by atoms with Crippen molar-refractivity contribution in [3.8, 4) is 5.88 Å². The lowest BCUT2D eigenvalue weighted by atomic mass is 9.93. The van der Waals surface area contributed by atoms with E-state index >= 15 is 0 Å². The van der Waals surface area contributed by atoms with E-state index in [1.54, 1.807) is 33.8 Å². The number of carbonyl (C=O) groups excluding carboxylic acids is 2. The number of aromatic nitrogens is 4. The Labute approximate surface area is 183 Å². The molecule has 0 spiro atoms.